The van der Waals surface area contributed by atoms with Crippen molar-refractivity contribution in [2.75, 3.05) is 19.6 Å². The topological polar surface area (TPSA) is 70.2 Å². The van der Waals surface area contributed by atoms with Crippen LogP contribution in [0.1, 0.15) is 52.4 Å². The first kappa shape index (κ1) is 22.0. The molecule has 0 fully saturated rings. The van der Waals surface area contributed by atoms with Gasteiger partial charge in [-0.05, 0) is 38.3 Å². The van der Waals surface area contributed by atoms with Gasteiger partial charge in [0.2, 0.25) is 11.6 Å². The number of ketones is 2. The number of para-hydroxylation sites is 2. The van der Waals surface area contributed by atoms with Crippen molar-refractivity contribution >= 4 is 33.4 Å². The van der Waals surface area contributed by atoms with Crippen molar-refractivity contribution in [3.8, 4) is 0 Å². The number of aryl methyl sites for hydroxylation is 2. The number of carbonyl (C=O) groups is 2. The van der Waals surface area contributed by atoms with Crippen LogP contribution in [0.4, 0.5) is 0 Å². The molecule has 3 N–H and O–H groups in total. The van der Waals surface area contributed by atoms with Crippen LogP contribution in [0.5, 0.6) is 0 Å². The van der Waals surface area contributed by atoms with Gasteiger partial charge in [0.05, 0.1) is 17.7 Å². The Morgan fingerprint density at radius 2 is 1.22 bits per heavy atom. The van der Waals surface area contributed by atoms with Gasteiger partial charge >= 0.3 is 0 Å². The van der Waals surface area contributed by atoms with Gasteiger partial charge in [0.15, 0.2) is 0 Å². The highest BCUT2D eigenvalue weighted by molar-refractivity contribution is 6.11. The first-order valence-corrected chi connectivity index (χ1v) is 11.4. The third-order valence-electron chi connectivity index (χ3n) is 6.24. The molecule has 4 aromatic rings. The minimum atomic E-state index is 0.0853. The number of benzene rings is 2. The van der Waals surface area contributed by atoms with E-state index >= 15 is 0 Å². The van der Waals surface area contributed by atoms with E-state index in [-0.39, 0.29) is 11.6 Å². The number of hydrogen-bond acceptors (Lipinski definition) is 2. The fourth-order valence-electron chi connectivity index (χ4n) is 4.63. The number of carbonyl (C=O) groups excluding carboxylic acids is 2. The van der Waals surface area contributed by atoms with E-state index in [2.05, 4.69) is 23.8 Å². The van der Waals surface area contributed by atoms with Crippen LogP contribution in [0.3, 0.4) is 0 Å². The van der Waals surface area contributed by atoms with E-state index in [1.54, 1.807) is 0 Å². The van der Waals surface area contributed by atoms with Gasteiger partial charge in [0.25, 0.3) is 0 Å². The molecule has 0 atom stereocenters. The van der Waals surface area contributed by atoms with E-state index in [9.17, 15) is 9.59 Å². The summed E-state index contributed by atoms with van der Waals surface area (Å²) in [7, 11) is 0. The molecule has 0 unspecified atom stereocenters. The number of quaternary nitrogens is 1. The lowest BCUT2D eigenvalue weighted by Gasteiger charge is -2.19. The van der Waals surface area contributed by atoms with Gasteiger partial charge in [0.1, 0.15) is 13.1 Å². The summed E-state index contributed by atoms with van der Waals surface area (Å²) >= 11 is 0. The molecule has 2 aromatic heterocycles. The smallest absolute Gasteiger partial charge is 0.219 e. The number of aromatic amines is 2. The lowest BCUT2D eigenvalue weighted by Crippen LogP contribution is -3.13. The van der Waals surface area contributed by atoms with Gasteiger partial charge in [0, 0.05) is 33.2 Å². The van der Waals surface area contributed by atoms with Crippen LogP contribution in [0.15, 0.2) is 48.5 Å². The Labute approximate surface area is 188 Å². The Bertz CT molecular complexity index is 1180. The summed E-state index contributed by atoms with van der Waals surface area (Å²) in [6.45, 7) is 9.65. The van der Waals surface area contributed by atoms with E-state index in [1.165, 1.54) is 0 Å². The quantitative estimate of drug-likeness (QED) is 0.347. The maximum atomic E-state index is 13.4. The summed E-state index contributed by atoms with van der Waals surface area (Å²) < 4.78 is 0. The zero-order valence-corrected chi connectivity index (χ0v) is 19.3. The maximum absolute atomic E-state index is 13.4. The van der Waals surface area contributed by atoms with Gasteiger partial charge in [-0.15, -0.1) is 0 Å². The molecule has 2 aromatic carbocycles. The Hall–Kier alpha value is -3.18. The van der Waals surface area contributed by atoms with Crippen molar-refractivity contribution in [1.29, 1.82) is 0 Å². The van der Waals surface area contributed by atoms with Crippen LogP contribution < -0.4 is 4.90 Å². The Morgan fingerprint density at radius 3 is 1.66 bits per heavy atom. The molecule has 0 aliphatic carbocycles. The van der Waals surface area contributed by atoms with Gasteiger partial charge in [-0.1, -0.05) is 50.2 Å². The highest BCUT2D eigenvalue weighted by atomic mass is 16.1. The third-order valence-corrected chi connectivity index (χ3v) is 6.24. The van der Waals surface area contributed by atoms with Crippen LogP contribution in [-0.4, -0.2) is 41.2 Å². The normalized spacial score (nSPS) is 11.8. The van der Waals surface area contributed by atoms with Crippen molar-refractivity contribution in [3.63, 3.8) is 0 Å². The van der Waals surface area contributed by atoms with Crippen molar-refractivity contribution in [3.05, 3.63) is 71.0 Å². The van der Waals surface area contributed by atoms with Crippen LogP contribution >= 0.6 is 0 Å². The van der Waals surface area contributed by atoms with Gasteiger partial charge < -0.3 is 14.9 Å². The van der Waals surface area contributed by atoms with E-state index < -0.39 is 0 Å². The Morgan fingerprint density at radius 1 is 0.781 bits per heavy atom. The minimum Gasteiger partial charge on any atom is -0.358 e. The molecule has 0 bridgehead atoms. The lowest BCUT2D eigenvalue weighted by molar-refractivity contribution is -0.883. The average Bonchev–Trinajstić information content (AvgIpc) is 3.26. The molecule has 0 saturated heterocycles. The van der Waals surface area contributed by atoms with E-state index in [0.29, 0.717) is 19.0 Å². The summed E-state index contributed by atoms with van der Waals surface area (Å²) in [5, 5.41) is 1.91. The first-order chi connectivity index (χ1) is 15.3. The molecule has 0 spiro atoms. The SMILES string of the molecule is Cc1[nH]c2ccccc2c1C(=O)C[NH+](CCC(C)C)CC(=O)c1c(C)[nH]c2ccccc12. The third kappa shape index (κ3) is 4.39. The van der Waals surface area contributed by atoms with Crippen molar-refractivity contribution in [2.45, 2.75) is 34.1 Å². The van der Waals surface area contributed by atoms with Gasteiger partial charge in [-0.3, -0.25) is 9.59 Å². The summed E-state index contributed by atoms with van der Waals surface area (Å²) in [4.78, 5) is 34.4. The van der Waals surface area contributed by atoms with E-state index in [1.807, 2.05) is 62.4 Å². The second-order valence-corrected chi connectivity index (χ2v) is 9.22. The second kappa shape index (κ2) is 9.13. The summed E-state index contributed by atoms with van der Waals surface area (Å²) in [6, 6.07) is 15.8. The van der Waals surface area contributed by atoms with E-state index in [0.717, 1.165) is 62.2 Å². The Balaban J connectivity index is 1.59. The lowest BCUT2D eigenvalue weighted by atomic mass is 10.0. The summed E-state index contributed by atoms with van der Waals surface area (Å²) in [5.41, 5.74) is 5.22. The minimum absolute atomic E-state index is 0.0853. The zero-order valence-electron chi connectivity index (χ0n) is 19.3. The largest absolute Gasteiger partial charge is 0.358 e. The molecule has 4 rings (SSSR count). The number of Topliss-reactive ketones (excluding diaryl/α,β-unsaturated/α-hetero) is 2. The molecule has 0 aliphatic heterocycles. The fourth-order valence-corrected chi connectivity index (χ4v) is 4.63. The van der Waals surface area contributed by atoms with Crippen molar-refractivity contribution < 1.29 is 14.5 Å². The molecule has 0 radical (unpaired) electrons. The maximum Gasteiger partial charge on any atom is 0.219 e. The molecule has 0 aliphatic rings. The number of hydrogen-bond donors (Lipinski definition) is 3. The second-order valence-electron chi connectivity index (χ2n) is 9.22. The summed E-state index contributed by atoms with van der Waals surface area (Å²) in [5.74, 6) is 0.684. The average molecular weight is 431 g/mol. The molecular formula is C27H32N3O2+. The Kier molecular flexibility index (Phi) is 6.28. The molecule has 32 heavy (non-hydrogen) atoms. The standard InChI is InChI=1S/C27H31N3O2/c1-17(2)13-14-30(15-24(31)26-18(3)28-22-11-7-5-9-20(22)26)16-25(32)27-19(4)29-23-12-8-6-10-21(23)27/h5-12,17,28-29H,13-16H2,1-4H3/p+1. The van der Waals surface area contributed by atoms with Crippen LogP contribution in [0.2, 0.25) is 0 Å². The first-order valence-electron chi connectivity index (χ1n) is 11.4. The molecule has 5 nitrogen and oxygen atoms in total. The number of fused-ring (bicyclic) bond motifs is 2. The van der Waals surface area contributed by atoms with Gasteiger partial charge in [-0.25, -0.2) is 0 Å². The van der Waals surface area contributed by atoms with Gasteiger partial charge in [-0.2, -0.15) is 0 Å². The highest BCUT2D eigenvalue weighted by Gasteiger charge is 2.25. The van der Waals surface area contributed by atoms with Crippen molar-refractivity contribution in [2.24, 2.45) is 5.92 Å². The molecule has 0 amide bonds. The monoisotopic (exact) mass is 430 g/mol. The predicted molar refractivity (Wildman–Crippen MR) is 130 cm³/mol. The van der Waals surface area contributed by atoms with Crippen LogP contribution in [0, 0.1) is 19.8 Å². The fraction of sp³-hybridized carbons (Fsp3) is 0.333. The summed E-state index contributed by atoms with van der Waals surface area (Å²) in [6.07, 6.45) is 0.968. The number of nitrogens with one attached hydrogen (secondary N) is 3. The number of rotatable bonds is 9. The molecular weight excluding hydrogens is 398 g/mol. The number of aromatic nitrogens is 2. The molecule has 166 valence electrons. The molecule has 5 heteroatoms. The molecule has 0 saturated carbocycles. The van der Waals surface area contributed by atoms with Crippen molar-refractivity contribution in [1.82, 2.24) is 9.97 Å². The van der Waals surface area contributed by atoms with E-state index in [4.69, 9.17) is 0 Å². The predicted octanol–water partition coefficient (Wildman–Crippen LogP) is 4.26. The number of H-pyrrole nitrogens is 2. The molecule has 2 heterocycles. The van der Waals surface area contributed by atoms with Crippen LogP contribution in [0.25, 0.3) is 21.8 Å². The zero-order chi connectivity index (χ0) is 22.8. The highest BCUT2D eigenvalue weighted by Crippen LogP contribution is 2.23. The van der Waals surface area contributed by atoms with Crippen LogP contribution in [-0.2, 0) is 0 Å².